The van der Waals surface area contributed by atoms with E-state index in [1.165, 1.54) is 0 Å². The number of likely N-dealkylation sites (tertiary alicyclic amines) is 1. The molecular weight excluding hydrogens is 222 g/mol. The van der Waals surface area contributed by atoms with Crippen LogP contribution in [-0.4, -0.2) is 48.7 Å². The second-order valence-corrected chi connectivity index (χ2v) is 5.26. The quantitative estimate of drug-likeness (QED) is 0.744. The highest BCUT2D eigenvalue weighted by molar-refractivity contribution is 5.86. The first-order chi connectivity index (χ1) is 8.06. The summed E-state index contributed by atoms with van der Waals surface area (Å²) in [6.45, 7) is 1.80. The minimum absolute atomic E-state index is 0.0129. The van der Waals surface area contributed by atoms with E-state index in [9.17, 15) is 9.59 Å². The van der Waals surface area contributed by atoms with Crippen molar-refractivity contribution in [3.8, 4) is 0 Å². The van der Waals surface area contributed by atoms with Gasteiger partial charge in [-0.15, -0.1) is 0 Å². The summed E-state index contributed by atoms with van der Waals surface area (Å²) in [5, 5.41) is 8.91. The Labute approximate surface area is 101 Å². The molecule has 1 amide bonds. The van der Waals surface area contributed by atoms with Gasteiger partial charge in [-0.05, 0) is 24.7 Å². The molecule has 0 aromatic heterocycles. The van der Waals surface area contributed by atoms with E-state index < -0.39 is 11.9 Å². The Hall–Kier alpha value is -1.10. The summed E-state index contributed by atoms with van der Waals surface area (Å²) < 4.78 is 5.07. The topological polar surface area (TPSA) is 66.8 Å². The number of nitrogens with zero attached hydrogens (tertiary/aromatic N) is 1. The lowest BCUT2D eigenvalue weighted by atomic mass is 10.0. The Kier molecular flexibility index (Phi) is 3.38. The van der Waals surface area contributed by atoms with Gasteiger partial charge in [0.05, 0.1) is 5.92 Å². The lowest BCUT2D eigenvalue weighted by molar-refractivity contribution is -0.141. The highest BCUT2D eigenvalue weighted by Crippen LogP contribution is 2.49. The molecular formula is C12H19NO4. The van der Waals surface area contributed by atoms with Crippen LogP contribution in [0.3, 0.4) is 0 Å². The normalized spacial score (nSPS) is 26.3. The van der Waals surface area contributed by atoms with Crippen molar-refractivity contribution in [2.24, 2.45) is 11.3 Å². The maximum atomic E-state index is 11.7. The molecule has 0 bridgehead atoms. The molecule has 1 aliphatic heterocycles. The van der Waals surface area contributed by atoms with Crippen LogP contribution < -0.4 is 0 Å². The molecule has 1 heterocycles. The number of carboxylic acid groups (broad SMARTS) is 1. The molecule has 96 valence electrons. The molecule has 1 saturated heterocycles. The van der Waals surface area contributed by atoms with Gasteiger partial charge in [0, 0.05) is 33.2 Å². The zero-order chi connectivity index (χ0) is 12.5. The first kappa shape index (κ1) is 12.4. The molecule has 0 aromatic carbocycles. The highest BCUT2D eigenvalue weighted by atomic mass is 16.5. The van der Waals surface area contributed by atoms with E-state index in [1.54, 1.807) is 12.0 Å². The zero-order valence-corrected chi connectivity index (χ0v) is 10.1. The van der Waals surface area contributed by atoms with Gasteiger partial charge in [0.25, 0.3) is 0 Å². The van der Waals surface area contributed by atoms with Gasteiger partial charge in [0.1, 0.15) is 0 Å². The van der Waals surface area contributed by atoms with E-state index in [1.807, 2.05) is 0 Å². The summed E-state index contributed by atoms with van der Waals surface area (Å²) in [6, 6.07) is 0. The summed E-state index contributed by atoms with van der Waals surface area (Å²) in [7, 11) is 1.68. The first-order valence-electron chi connectivity index (χ1n) is 6.06. The van der Waals surface area contributed by atoms with Crippen LogP contribution in [0.15, 0.2) is 0 Å². The first-order valence-corrected chi connectivity index (χ1v) is 6.06. The summed E-state index contributed by atoms with van der Waals surface area (Å²) in [4.78, 5) is 24.3. The summed E-state index contributed by atoms with van der Waals surface area (Å²) in [5.74, 6) is -1.38. The van der Waals surface area contributed by atoms with Crippen molar-refractivity contribution < 1.29 is 19.4 Å². The zero-order valence-electron chi connectivity index (χ0n) is 10.1. The van der Waals surface area contributed by atoms with Crippen LogP contribution in [0.1, 0.15) is 25.7 Å². The summed E-state index contributed by atoms with van der Waals surface area (Å²) in [5.41, 5.74) is 0.207. The Balaban J connectivity index is 1.87. The van der Waals surface area contributed by atoms with Crippen LogP contribution >= 0.6 is 0 Å². The highest BCUT2D eigenvalue weighted by Gasteiger charge is 2.46. The van der Waals surface area contributed by atoms with E-state index in [0.29, 0.717) is 19.7 Å². The van der Waals surface area contributed by atoms with Crippen LogP contribution in [0.4, 0.5) is 0 Å². The molecule has 2 fully saturated rings. The summed E-state index contributed by atoms with van der Waals surface area (Å²) in [6.07, 6.45) is 3.37. The van der Waals surface area contributed by atoms with Crippen LogP contribution in [0.5, 0.6) is 0 Å². The third-order valence-corrected chi connectivity index (χ3v) is 3.88. The summed E-state index contributed by atoms with van der Waals surface area (Å²) >= 11 is 0. The Morgan fingerprint density at radius 3 is 2.76 bits per heavy atom. The van der Waals surface area contributed by atoms with E-state index >= 15 is 0 Å². The van der Waals surface area contributed by atoms with E-state index in [4.69, 9.17) is 9.84 Å². The predicted molar refractivity (Wildman–Crippen MR) is 60.5 cm³/mol. The molecule has 2 aliphatic rings. The number of hydrogen-bond acceptors (Lipinski definition) is 3. The van der Waals surface area contributed by atoms with Crippen molar-refractivity contribution >= 4 is 11.9 Å². The average Bonchev–Trinajstić information content (AvgIpc) is 2.95. The maximum Gasteiger partial charge on any atom is 0.308 e. The number of amides is 1. The molecule has 5 nitrogen and oxygen atoms in total. The number of carbonyl (C=O) groups excluding carboxylic acids is 1. The molecule has 1 atom stereocenters. The second kappa shape index (κ2) is 4.64. The number of carboxylic acids is 1. The molecule has 5 heteroatoms. The van der Waals surface area contributed by atoms with Crippen molar-refractivity contribution in [1.82, 2.24) is 4.90 Å². The third kappa shape index (κ3) is 2.77. The largest absolute Gasteiger partial charge is 0.481 e. The molecule has 17 heavy (non-hydrogen) atoms. The monoisotopic (exact) mass is 241 g/mol. The standard InChI is InChI=1S/C12H19NO4/c1-17-5-4-12(2-3-12)8-13-7-9(11(15)16)6-10(13)14/h9H,2-8H2,1H3,(H,15,16). The average molecular weight is 241 g/mol. The second-order valence-electron chi connectivity index (χ2n) is 5.26. The molecule has 1 saturated carbocycles. The van der Waals surface area contributed by atoms with Crippen LogP contribution in [-0.2, 0) is 14.3 Å². The minimum Gasteiger partial charge on any atom is -0.481 e. The smallest absolute Gasteiger partial charge is 0.308 e. The van der Waals surface area contributed by atoms with Crippen LogP contribution in [0, 0.1) is 11.3 Å². The predicted octanol–water partition coefficient (Wildman–Crippen LogP) is 0.736. The van der Waals surface area contributed by atoms with E-state index in [-0.39, 0.29) is 17.7 Å². The van der Waals surface area contributed by atoms with Crippen molar-refractivity contribution in [1.29, 1.82) is 0 Å². The van der Waals surface area contributed by atoms with Crippen LogP contribution in [0.2, 0.25) is 0 Å². The third-order valence-electron chi connectivity index (χ3n) is 3.88. The van der Waals surface area contributed by atoms with Crippen molar-refractivity contribution in [2.45, 2.75) is 25.7 Å². The van der Waals surface area contributed by atoms with Crippen LogP contribution in [0.25, 0.3) is 0 Å². The van der Waals surface area contributed by atoms with Crippen molar-refractivity contribution in [3.63, 3.8) is 0 Å². The molecule has 1 N–H and O–H groups in total. The van der Waals surface area contributed by atoms with Gasteiger partial charge in [0.2, 0.25) is 5.91 Å². The van der Waals surface area contributed by atoms with Gasteiger partial charge in [0.15, 0.2) is 0 Å². The number of rotatable bonds is 6. The number of carbonyl (C=O) groups is 2. The van der Waals surface area contributed by atoms with Gasteiger partial charge in [-0.1, -0.05) is 0 Å². The maximum absolute atomic E-state index is 11.7. The Morgan fingerprint density at radius 2 is 2.29 bits per heavy atom. The molecule has 2 rings (SSSR count). The Bertz CT molecular complexity index is 324. The molecule has 1 unspecified atom stereocenters. The Morgan fingerprint density at radius 1 is 1.59 bits per heavy atom. The van der Waals surface area contributed by atoms with Crippen molar-refractivity contribution in [2.75, 3.05) is 26.8 Å². The van der Waals surface area contributed by atoms with Crippen molar-refractivity contribution in [3.05, 3.63) is 0 Å². The van der Waals surface area contributed by atoms with E-state index in [0.717, 1.165) is 19.3 Å². The fraction of sp³-hybridized carbons (Fsp3) is 0.833. The number of ether oxygens (including phenoxy) is 1. The van der Waals surface area contributed by atoms with Gasteiger partial charge >= 0.3 is 5.97 Å². The number of aliphatic carboxylic acids is 1. The molecule has 0 aromatic rings. The number of methoxy groups -OCH3 is 1. The van der Waals surface area contributed by atoms with Gasteiger partial charge in [-0.2, -0.15) is 0 Å². The van der Waals surface area contributed by atoms with Gasteiger partial charge in [-0.3, -0.25) is 9.59 Å². The fourth-order valence-electron chi connectivity index (χ4n) is 2.48. The number of hydrogen-bond donors (Lipinski definition) is 1. The molecule has 0 spiro atoms. The van der Waals surface area contributed by atoms with Gasteiger partial charge < -0.3 is 14.7 Å². The van der Waals surface area contributed by atoms with E-state index in [2.05, 4.69) is 0 Å². The lowest BCUT2D eigenvalue weighted by Crippen LogP contribution is -2.33. The minimum atomic E-state index is -0.859. The van der Waals surface area contributed by atoms with Gasteiger partial charge in [-0.25, -0.2) is 0 Å². The molecule has 1 aliphatic carbocycles. The fourth-order valence-corrected chi connectivity index (χ4v) is 2.48. The molecule has 0 radical (unpaired) electrons. The lowest BCUT2D eigenvalue weighted by Gasteiger charge is -2.23. The SMILES string of the molecule is COCCC1(CN2CC(C(=O)O)CC2=O)CC1.